The van der Waals surface area contributed by atoms with Crippen molar-refractivity contribution in [3.05, 3.63) is 10.6 Å². The molecule has 0 aromatic rings. The van der Waals surface area contributed by atoms with Crippen molar-refractivity contribution in [2.45, 2.75) is 0 Å². The molecule has 0 spiro atoms. The highest BCUT2D eigenvalue weighted by Gasteiger charge is 1.85. The van der Waals surface area contributed by atoms with Crippen molar-refractivity contribution < 1.29 is 0 Å². The fourth-order valence-electron chi connectivity index (χ4n) is 0. The Morgan fingerprint density at radius 3 is 0.750 bits per heavy atom. The molecule has 0 aliphatic carbocycles. The van der Waals surface area contributed by atoms with E-state index in [2.05, 4.69) is 19.9 Å². The molecule has 0 aromatic carbocycles. The standard InChI is InChI=1S/2C2H6N.CH3P/c2*1-3-2;1-2/h2*1-2H3;1H3/q2*-1;+2. The van der Waals surface area contributed by atoms with Gasteiger partial charge >= 0.3 is 15.9 Å². The van der Waals surface area contributed by atoms with Gasteiger partial charge in [0, 0.05) is 0 Å². The van der Waals surface area contributed by atoms with Crippen LogP contribution in [0.2, 0.25) is 0 Å². The quantitative estimate of drug-likeness (QED) is 0.455. The van der Waals surface area contributed by atoms with Gasteiger partial charge in [-0.25, -0.2) is 0 Å². The van der Waals surface area contributed by atoms with Crippen LogP contribution in [-0.2, 0) is 0 Å². The van der Waals surface area contributed by atoms with Gasteiger partial charge in [0.2, 0.25) is 0 Å². The Balaban J connectivity index is -0.0000000483. The molecule has 0 rings (SSSR count). The van der Waals surface area contributed by atoms with E-state index in [0.717, 1.165) is 0 Å². The minimum absolute atomic E-state index is 1.69. The van der Waals surface area contributed by atoms with E-state index in [-0.39, 0.29) is 0 Å². The molecule has 0 aliphatic rings. The molecule has 0 saturated heterocycles. The fourth-order valence-corrected chi connectivity index (χ4v) is 0. The summed E-state index contributed by atoms with van der Waals surface area (Å²) in [7, 11) is 10.5. The van der Waals surface area contributed by atoms with Crippen molar-refractivity contribution in [1.29, 1.82) is 0 Å². The van der Waals surface area contributed by atoms with Crippen molar-refractivity contribution >= 4 is 9.24 Å². The summed E-state index contributed by atoms with van der Waals surface area (Å²) in [6.45, 7) is 1.69. The molecule has 0 heterocycles. The summed E-state index contributed by atoms with van der Waals surface area (Å²) in [6, 6.07) is 0. The zero-order chi connectivity index (χ0) is 7.41. The van der Waals surface area contributed by atoms with Gasteiger partial charge in [0.05, 0.1) is 0 Å². The first kappa shape index (κ1) is 15.7. The summed E-state index contributed by atoms with van der Waals surface area (Å²) in [5.41, 5.74) is 0. The Hall–Kier alpha value is 0.220. The molecule has 2 nitrogen and oxygen atoms in total. The van der Waals surface area contributed by atoms with Crippen LogP contribution in [0.3, 0.4) is 0 Å². The van der Waals surface area contributed by atoms with Gasteiger partial charge in [-0.1, -0.05) is 0 Å². The maximum atomic E-state index is 3.53. The maximum Gasteiger partial charge on any atom is 1.17 e. The summed E-state index contributed by atoms with van der Waals surface area (Å²) in [5.74, 6) is 0. The molecule has 8 heavy (non-hydrogen) atoms. The summed E-state index contributed by atoms with van der Waals surface area (Å²) < 4.78 is 0. The van der Waals surface area contributed by atoms with Gasteiger partial charge in [-0.05, 0) is 0 Å². The van der Waals surface area contributed by atoms with Crippen molar-refractivity contribution in [1.82, 2.24) is 0 Å². The SMILES string of the molecule is C[N-]C.C[N-]C.C[P+2]. The Labute approximate surface area is 55.6 Å². The molecule has 0 N–H and O–H groups in total. The molecule has 0 bridgehead atoms. The Morgan fingerprint density at radius 2 is 0.750 bits per heavy atom. The maximum absolute atomic E-state index is 3.53. The normalized spacial score (nSPS) is 5.12. The third-order valence-electron chi connectivity index (χ3n) is 0. The minimum atomic E-state index is 1.69. The van der Waals surface area contributed by atoms with Crippen LogP contribution in [0.1, 0.15) is 0 Å². The molecule has 0 amide bonds. The molecule has 0 fully saturated rings. The smallest absolute Gasteiger partial charge is 0.668 e. The average molecular weight is 134 g/mol. The third kappa shape index (κ3) is 3500. The zero-order valence-electron chi connectivity index (χ0n) is 6.34. The molecule has 0 saturated carbocycles. The molecule has 0 aliphatic heterocycles. The zero-order valence-corrected chi connectivity index (χ0v) is 7.24. The highest BCUT2D eigenvalue weighted by Crippen LogP contribution is 1.48. The highest BCUT2D eigenvalue weighted by atomic mass is 31.0. The third-order valence-corrected chi connectivity index (χ3v) is 0. The Kier molecular flexibility index (Phi) is 111. The van der Waals surface area contributed by atoms with Gasteiger partial charge in [0.15, 0.2) is 0 Å². The lowest BCUT2D eigenvalue weighted by molar-refractivity contribution is 1.61. The van der Waals surface area contributed by atoms with E-state index in [4.69, 9.17) is 0 Å². The van der Waals surface area contributed by atoms with E-state index in [1.807, 2.05) is 0 Å². The van der Waals surface area contributed by atoms with Crippen LogP contribution in [0.4, 0.5) is 0 Å². The predicted molar refractivity (Wildman–Crippen MR) is 43.3 cm³/mol. The Bertz CT molecular complexity index is 12.4. The van der Waals surface area contributed by atoms with Crippen LogP contribution in [0, 0.1) is 0 Å². The molecule has 50 valence electrons. The number of nitrogens with zero attached hydrogens (tertiary/aromatic N) is 2. The minimum Gasteiger partial charge on any atom is -0.668 e. The van der Waals surface area contributed by atoms with Gasteiger partial charge < -0.3 is 10.6 Å². The summed E-state index contributed by atoms with van der Waals surface area (Å²) in [4.78, 5) is 0. The van der Waals surface area contributed by atoms with Crippen molar-refractivity contribution in [2.24, 2.45) is 0 Å². The number of hydrogen-bond donors (Lipinski definition) is 0. The van der Waals surface area contributed by atoms with E-state index in [1.54, 1.807) is 34.9 Å². The van der Waals surface area contributed by atoms with Gasteiger partial charge in [0.1, 0.15) is 0 Å². The molecule has 3 heteroatoms. The van der Waals surface area contributed by atoms with E-state index < -0.39 is 0 Å². The van der Waals surface area contributed by atoms with Crippen molar-refractivity contribution in [2.75, 3.05) is 34.9 Å². The average Bonchev–Trinajstić information content (AvgIpc) is 1.75. The first-order valence-corrected chi connectivity index (χ1v) is 3.13. The lowest BCUT2D eigenvalue weighted by Crippen LogP contribution is -1.39. The van der Waals surface area contributed by atoms with E-state index in [0.29, 0.717) is 0 Å². The van der Waals surface area contributed by atoms with Crippen LogP contribution in [0.15, 0.2) is 0 Å². The van der Waals surface area contributed by atoms with E-state index in [9.17, 15) is 0 Å². The summed E-state index contributed by atoms with van der Waals surface area (Å²) in [6.07, 6.45) is 0. The molecule has 0 unspecified atom stereocenters. The topological polar surface area (TPSA) is 28.2 Å². The van der Waals surface area contributed by atoms with Gasteiger partial charge in [-0.15, -0.1) is 0 Å². The van der Waals surface area contributed by atoms with Crippen LogP contribution in [-0.4, -0.2) is 34.9 Å². The summed E-state index contributed by atoms with van der Waals surface area (Å²) >= 11 is 0. The lowest BCUT2D eigenvalue weighted by Gasteiger charge is -1.85. The number of rotatable bonds is 0. The molecule has 2 radical (unpaired) electrons. The van der Waals surface area contributed by atoms with E-state index >= 15 is 0 Å². The first-order chi connectivity index (χ1) is 3.83. The monoisotopic (exact) mass is 134 g/mol. The molecular weight excluding hydrogens is 119 g/mol. The Morgan fingerprint density at radius 1 is 0.750 bits per heavy atom. The fraction of sp³-hybridized carbons (Fsp3) is 1.00. The molecule has 0 atom stereocenters. The second-order valence-corrected chi connectivity index (χ2v) is 0.894. The number of hydrogen-bond acceptors (Lipinski definition) is 0. The van der Waals surface area contributed by atoms with Crippen molar-refractivity contribution in [3.63, 3.8) is 0 Å². The first-order valence-electron chi connectivity index (χ1n) is 2.24. The second kappa shape index (κ2) is 56.7. The van der Waals surface area contributed by atoms with Gasteiger partial charge in [-0.2, -0.15) is 28.2 Å². The summed E-state index contributed by atoms with van der Waals surface area (Å²) in [5, 5.41) is 7.00. The molecule has 0 aromatic heterocycles. The molecular formula is C5H15N2P. The van der Waals surface area contributed by atoms with Crippen LogP contribution in [0.25, 0.3) is 10.6 Å². The van der Waals surface area contributed by atoms with Crippen molar-refractivity contribution in [3.8, 4) is 0 Å². The second-order valence-electron chi connectivity index (χ2n) is 0.894. The van der Waals surface area contributed by atoms with Gasteiger partial charge in [0.25, 0.3) is 0 Å². The lowest BCUT2D eigenvalue weighted by atomic mass is 11.3. The van der Waals surface area contributed by atoms with Crippen LogP contribution in [0.5, 0.6) is 0 Å². The van der Waals surface area contributed by atoms with Gasteiger partial charge in [-0.3, -0.25) is 0 Å². The largest absolute Gasteiger partial charge is 1.17 e. The highest BCUT2D eigenvalue weighted by molar-refractivity contribution is 7.15. The van der Waals surface area contributed by atoms with Crippen LogP contribution < -0.4 is 0 Å². The van der Waals surface area contributed by atoms with Crippen LogP contribution >= 0.6 is 9.24 Å². The predicted octanol–water partition coefficient (Wildman–Crippen LogP) is 2.27. The van der Waals surface area contributed by atoms with E-state index in [1.165, 1.54) is 0 Å².